The summed E-state index contributed by atoms with van der Waals surface area (Å²) in [7, 11) is 0. The van der Waals surface area contributed by atoms with Crippen molar-refractivity contribution in [1.29, 1.82) is 0 Å². The van der Waals surface area contributed by atoms with Crippen molar-refractivity contribution in [3.8, 4) is 0 Å². The van der Waals surface area contributed by atoms with Gasteiger partial charge in [-0.2, -0.15) is 5.10 Å². The van der Waals surface area contributed by atoms with E-state index in [0.29, 0.717) is 12.1 Å². The molecule has 0 saturated carbocycles. The largest absolute Gasteiger partial charge is 0.335 e. The van der Waals surface area contributed by atoms with Crippen LogP contribution < -0.4 is 0 Å². The van der Waals surface area contributed by atoms with Crippen molar-refractivity contribution in [3.05, 3.63) is 17.5 Å². The number of nitrogens with zero attached hydrogens (tertiary/aromatic N) is 4. The highest BCUT2D eigenvalue weighted by atomic mass is 16.2. The van der Waals surface area contributed by atoms with E-state index in [2.05, 4.69) is 23.8 Å². The minimum Gasteiger partial charge on any atom is -0.335 e. The minimum atomic E-state index is 0.153. The van der Waals surface area contributed by atoms with Gasteiger partial charge in [0.1, 0.15) is 0 Å². The second-order valence-electron chi connectivity index (χ2n) is 6.84. The van der Waals surface area contributed by atoms with Crippen LogP contribution in [0.15, 0.2) is 6.20 Å². The summed E-state index contributed by atoms with van der Waals surface area (Å²) in [6.45, 7) is 10.2. The average molecular weight is 304 g/mol. The van der Waals surface area contributed by atoms with Crippen molar-refractivity contribution in [2.24, 2.45) is 0 Å². The molecule has 2 fully saturated rings. The molecule has 0 N–H and O–H groups in total. The highest BCUT2D eigenvalue weighted by Gasteiger charge is 2.38. The normalized spacial score (nSPS) is 23.6. The smallest absolute Gasteiger partial charge is 0.257 e. The third kappa shape index (κ3) is 2.91. The Morgan fingerprint density at radius 3 is 2.82 bits per heavy atom. The molecule has 2 aliphatic rings. The molecule has 0 spiro atoms. The molecule has 3 heterocycles. The summed E-state index contributed by atoms with van der Waals surface area (Å²) in [5, 5.41) is 4.44. The van der Waals surface area contributed by atoms with Gasteiger partial charge in [-0.05, 0) is 39.7 Å². The van der Waals surface area contributed by atoms with Crippen LogP contribution in [-0.4, -0.2) is 57.2 Å². The Labute approximate surface area is 133 Å². The maximum atomic E-state index is 12.6. The second kappa shape index (κ2) is 6.41. The van der Waals surface area contributed by atoms with Crippen LogP contribution in [0.4, 0.5) is 0 Å². The Hall–Kier alpha value is -1.36. The molecule has 0 bridgehead atoms. The molecular weight excluding hydrogens is 276 g/mol. The molecule has 5 heteroatoms. The first-order valence-electron chi connectivity index (χ1n) is 8.69. The quantitative estimate of drug-likeness (QED) is 0.857. The van der Waals surface area contributed by atoms with Gasteiger partial charge in [-0.3, -0.25) is 14.4 Å². The third-order valence-corrected chi connectivity index (χ3v) is 5.10. The summed E-state index contributed by atoms with van der Waals surface area (Å²) < 4.78 is 1.90. The number of aryl methyl sites for hydroxylation is 2. The van der Waals surface area contributed by atoms with Gasteiger partial charge in [-0.1, -0.05) is 13.3 Å². The van der Waals surface area contributed by atoms with Crippen molar-refractivity contribution >= 4 is 5.91 Å². The third-order valence-electron chi connectivity index (χ3n) is 5.10. The molecule has 0 radical (unpaired) electrons. The number of aromatic nitrogens is 2. The van der Waals surface area contributed by atoms with Crippen LogP contribution in [0, 0.1) is 6.92 Å². The van der Waals surface area contributed by atoms with Gasteiger partial charge in [0, 0.05) is 37.9 Å². The van der Waals surface area contributed by atoms with E-state index in [-0.39, 0.29) is 5.91 Å². The summed E-state index contributed by atoms with van der Waals surface area (Å²) in [5.41, 5.74) is 1.63. The molecule has 1 aromatic heterocycles. The minimum absolute atomic E-state index is 0.153. The van der Waals surface area contributed by atoms with Crippen LogP contribution in [-0.2, 0) is 6.54 Å². The van der Waals surface area contributed by atoms with Gasteiger partial charge < -0.3 is 4.90 Å². The Bertz CT molecular complexity index is 533. The number of piperidine rings is 1. The molecular formula is C17H28N4O. The summed E-state index contributed by atoms with van der Waals surface area (Å²) in [5.74, 6) is 0.153. The van der Waals surface area contributed by atoms with Crippen LogP contribution in [0.1, 0.15) is 55.6 Å². The average Bonchev–Trinajstić information content (AvgIpc) is 2.80. The fraction of sp³-hybridized carbons (Fsp3) is 0.765. The summed E-state index contributed by atoms with van der Waals surface area (Å²) in [6, 6.07) is 1.23. The number of hydrogen-bond acceptors (Lipinski definition) is 3. The van der Waals surface area contributed by atoms with Gasteiger partial charge in [-0.25, -0.2) is 0 Å². The lowest BCUT2D eigenvalue weighted by Crippen LogP contribution is -2.63. The van der Waals surface area contributed by atoms with E-state index in [1.165, 1.54) is 25.8 Å². The Morgan fingerprint density at radius 2 is 2.14 bits per heavy atom. The lowest BCUT2D eigenvalue weighted by atomic mass is 9.97. The van der Waals surface area contributed by atoms with E-state index in [1.54, 1.807) is 0 Å². The van der Waals surface area contributed by atoms with Crippen LogP contribution in [0.25, 0.3) is 0 Å². The van der Waals surface area contributed by atoms with Gasteiger partial charge in [0.25, 0.3) is 5.91 Å². The molecule has 2 saturated heterocycles. The van der Waals surface area contributed by atoms with Crippen molar-refractivity contribution in [2.45, 2.75) is 65.1 Å². The van der Waals surface area contributed by atoms with E-state index < -0.39 is 0 Å². The standard InChI is InChI=1S/C17H28N4O/c1-4-8-20-12-16(14(3)18-20)17(22)19-10-15(11-19)21-9-6-5-7-13(21)2/h12-13,15H,4-11H2,1-3H3. The molecule has 1 aromatic rings. The summed E-state index contributed by atoms with van der Waals surface area (Å²) in [6.07, 6.45) is 6.90. The van der Waals surface area contributed by atoms with Gasteiger partial charge in [0.05, 0.1) is 11.3 Å². The first-order chi connectivity index (χ1) is 10.6. The molecule has 122 valence electrons. The summed E-state index contributed by atoms with van der Waals surface area (Å²) >= 11 is 0. The van der Waals surface area contributed by atoms with Crippen LogP contribution >= 0.6 is 0 Å². The number of carbonyl (C=O) groups excluding carboxylic acids is 1. The number of hydrogen-bond donors (Lipinski definition) is 0. The molecule has 3 rings (SSSR count). The van der Waals surface area contributed by atoms with E-state index in [0.717, 1.165) is 37.3 Å². The molecule has 2 aliphatic heterocycles. The fourth-order valence-electron chi connectivity index (χ4n) is 3.74. The SMILES string of the molecule is CCCn1cc(C(=O)N2CC(N3CCCCC3C)C2)c(C)n1. The number of carbonyl (C=O) groups is 1. The van der Waals surface area contributed by atoms with Crippen molar-refractivity contribution < 1.29 is 4.79 Å². The first-order valence-corrected chi connectivity index (χ1v) is 8.69. The van der Waals surface area contributed by atoms with Crippen molar-refractivity contribution in [3.63, 3.8) is 0 Å². The molecule has 1 amide bonds. The lowest BCUT2D eigenvalue weighted by molar-refractivity contribution is 0.00208. The van der Waals surface area contributed by atoms with Crippen molar-refractivity contribution in [2.75, 3.05) is 19.6 Å². The number of rotatable bonds is 4. The molecule has 1 unspecified atom stereocenters. The van der Waals surface area contributed by atoms with Gasteiger partial charge in [0.2, 0.25) is 0 Å². The zero-order valence-electron chi connectivity index (χ0n) is 14.1. The Kier molecular flexibility index (Phi) is 4.52. The van der Waals surface area contributed by atoms with Crippen LogP contribution in [0.3, 0.4) is 0 Å². The molecule has 22 heavy (non-hydrogen) atoms. The maximum Gasteiger partial charge on any atom is 0.257 e. The van der Waals surface area contributed by atoms with E-state index in [4.69, 9.17) is 0 Å². The monoisotopic (exact) mass is 304 g/mol. The molecule has 0 aliphatic carbocycles. The zero-order chi connectivity index (χ0) is 15.7. The lowest BCUT2D eigenvalue weighted by Gasteiger charge is -2.49. The highest BCUT2D eigenvalue weighted by molar-refractivity contribution is 5.95. The molecule has 1 atom stereocenters. The topological polar surface area (TPSA) is 41.4 Å². The van der Waals surface area contributed by atoms with Crippen LogP contribution in [0.2, 0.25) is 0 Å². The van der Waals surface area contributed by atoms with E-state index >= 15 is 0 Å². The number of amides is 1. The van der Waals surface area contributed by atoms with Crippen molar-refractivity contribution in [1.82, 2.24) is 19.6 Å². The highest BCUT2D eigenvalue weighted by Crippen LogP contribution is 2.25. The number of likely N-dealkylation sites (tertiary alicyclic amines) is 2. The van der Waals surface area contributed by atoms with Gasteiger partial charge in [-0.15, -0.1) is 0 Å². The zero-order valence-corrected chi connectivity index (χ0v) is 14.1. The van der Waals surface area contributed by atoms with Gasteiger partial charge in [0.15, 0.2) is 0 Å². The Morgan fingerprint density at radius 1 is 1.36 bits per heavy atom. The van der Waals surface area contributed by atoms with E-state index in [9.17, 15) is 4.79 Å². The predicted molar refractivity (Wildman–Crippen MR) is 87.0 cm³/mol. The van der Waals surface area contributed by atoms with E-state index in [1.807, 2.05) is 22.7 Å². The predicted octanol–water partition coefficient (Wildman–Crippen LogP) is 2.30. The maximum absolute atomic E-state index is 12.6. The first kappa shape index (κ1) is 15.5. The molecule has 0 aromatic carbocycles. The van der Waals surface area contributed by atoms with Crippen LogP contribution in [0.5, 0.6) is 0 Å². The second-order valence-corrected chi connectivity index (χ2v) is 6.84. The fourth-order valence-corrected chi connectivity index (χ4v) is 3.74. The summed E-state index contributed by atoms with van der Waals surface area (Å²) in [4.78, 5) is 17.2. The van der Waals surface area contributed by atoms with Gasteiger partial charge >= 0.3 is 0 Å². The Balaban J connectivity index is 1.59. The molecule has 5 nitrogen and oxygen atoms in total.